The molecule has 238 valence electrons. The summed E-state index contributed by atoms with van der Waals surface area (Å²) < 4.78 is 0. The lowest BCUT2D eigenvalue weighted by atomic mass is 10.0. The molecule has 0 aliphatic heterocycles. The molecule has 1 unspecified atom stereocenters. The molecule has 0 spiro atoms. The molecule has 0 bridgehead atoms. The molecule has 0 aliphatic rings. The van der Waals surface area contributed by atoms with E-state index < -0.39 is 41.8 Å². The first-order valence-corrected chi connectivity index (χ1v) is 13.9. The molecule has 0 fully saturated rings. The molecule has 0 saturated carbocycles. The molecule has 0 radical (unpaired) electrons. The molecule has 0 aromatic heterocycles. The van der Waals surface area contributed by atoms with Crippen LogP contribution in [0.15, 0.2) is 34.3 Å². The first kappa shape index (κ1) is 36.1. The van der Waals surface area contributed by atoms with E-state index in [1.807, 2.05) is 0 Å². The predicted octanol–water partition coefficient (Wildman–Crippen LogP) is -2.18. The maximum absolute atomic E-state index is 13.4. The van der Waals surface area contributed by atoms with Crippen molar-refractivity contribution in [1.82, 2.24) is 21.3 Å². The highest BCUT2D eigenvalue weighted by atomic mass is 16.2. The molecular formula is C27H46N12O4. The van der Waals surface area contributed by atoms with E-state index in [4.69, 9.17) is 34.1 Å². The molecule has 0 aliphatic carbocycles. The third kappa shape index (κ3) is 14.5. The first-order chi connectivity index (χ1) is 20.2. The Balaban J connectivity index is 3.00. The second-order valence-electron chi connectivity index (χ2n) is 10.3. The van der Waals surface area contributed by atoms with Gasteiger partial charge in [-0.3, -0.25) is 34.6 Å². The summed E-state index contributed by atoms with van der Waals surface area (Å²) in [6.45, 7) is 5.45. The Bertz CT molecular complexity index is 1160. The maximum Gasteiger partial charge on any atom is 0.243 e. The molecule has 4 amide bonds. The van der Waals surface area contributed by atoms with Crippen molar-refractivity contribution in [2.75, 3.05) is 13.1 Å². The Morgan fingerprint density at radius 3 is 1.72 bits per heavy atom. The molecule has 1 aromatic rings. The summed E-state index contributed by atoms with van der Waals surface area (Å²) >= 11 is 0. The van der Waals surface area contributed by atoms with E-state index in [9.17, 15) is 19.2 Å². The van der Waals surface area contributed by atoms with Gasteiger partial charge >= 0.3 is 0 Å². The average Bonchev–Trinajstić information content (AvgIpc) is 2.92. The van der Waals surface area contributed by atoms with Crippen LogP contribution in [0.1, 0.15) is 57.6 Å². The number of nitrogens with one attached hydrogen (secondary N) is 5. The van der Waals surface area contributed by atoms with Crippen molar-refractivity contribution in [3.05, 3.63) is 35.4 Å². The van der Waals surface area contributed by atoms with E-state index in [-0.39, 0.29) is 56.1 Å². The third-order valence-electron chi connectivity index (χ3n) is 6.20. The van der Waals surface area contributed by atoms with Gasteiger partial charge < -0.3 is 49.9 Å². The highest BCUT2D eigenvalue weighted by Crippen LogP contribution is 2.09. The van der Waals surface area contributed by atoms with Crippen molar-refractivity contribution in [3.63, 3.8) is 0 Å². The molecular weight excluding hydrogens is 556 g/mol. The minimum Gasteiger partial charge on any atom is -0.384 e. The average molecular weight is 603 g/mol. The van der Waals surface area contributed by atoms with Crippen LogP contribution in [0.3, 0.4) is 0 Å². The first-order valence-electron chi connectivity index (χ1n) is 13.9. The minimum absolute atomic E-state index is 0.0692. The third-order valence-corrected chi connectivity index (χ3v) is 6.20. The van der Waals surface area contributed by atoms with Gasteiger partial charge in [-0.2, -0.15) is 0 Å². The van der Waals surface area contributed by atoms with Gasteiger partial charge in [0.2, 0.25) is 23.6 Å². The topological polar surface area (TPSA) is 295 Å². The number of carbonyl (C=O) groups is 4. The number of nitrogens with two attached hydrogens (primary N) is 5. The van der Waals surface area contributed by atoms with E-state index in [1.54, 1.807) is 38.1 Å². The lowest BCUT2D eigenvalue weighted by Gasteiger charge is -2.27. The summed E-state index contributed by atoms with van der Waals surface area (Å²) in [4.78, 5) is 59.2. The second kappa shape index (κ2) is 18.5. The highest BCUT2D eigenvalue weighted by molar-refractivity contribution is 5.95. The predicted molar refractivity (Wildman–Crippen MR) is 165 cm³/mol. The minimum atomic E-state index is -1.01. The zero-order chi connectivity index (χ0) is 32.5. The number of hydrogen-bond acceptors (Lipinski definition) is 7. The zero-order valence-corrected chi connectivity index (χ0v) is 25.0. The Hall–Kier alpha value is -4.89. The molecule has 16 heteroatoms. The summed E-state index contributed by atoms with van der Waals surface area (Å²) in [6.07, 6.45) is 1.25. The van der Waals surface area contributed by atoms with Gasteiger partial charge in [0, 0.05) is 32.1 Å². The number of aliphatic imine (C=N–C) groups is 2. The highest BCUT2D eigenvalue weighted by Gasteiger charge is 2.31. The molecule has 3 atom stereocenters. The van der Waals surface area contributed by atoms with Crippen LogP contribution in [-0.2, 0) is 25.7 Å². The number of benzene rings is 1. The molecule has 1 rings (SSSR count). The lowest BCUT2D eigenvalue weighted by Crippen LogP contribution is -2.58. The van der Waals surface area contributed by atoms with Crippen LogP contribution in [0.2, 0.25) is 0 Å². The van der Waals surface area contributed by atoms with Gasteiger partial charge in [0.1, 0.15) is 24.0 Å². The van der Waals surface area contributed by atoms with Crippen molar-refractivity contribution in [1.29, 1.82) is 5.41 Å². The molecule has 15 N–H and O–H groups in total. The lowest BCUT2D eigenvalue weighted by molar-refractivity contribution is -0.134. The quantitative estimate of drug-likeness (QED) is 0.0495. The van der Waals surface area contributed by atoms with Gasteiger partial charge in [0.15, 0.2) is 11.9 Å². The second-order valence-corrected chi connectivity index (χ2v) is 10.3. The summed E-state index contributed by atoms with van der Waals surface area (Å²) in [6, 6.07) is 3.92. The summed E-state index contributed by atoms with van der Waals surface area (Å²) in [7, 11) is 0. The van der Waals surface area contributed by atoms with Crippen LogP contribution < -0.4 is 49.9 Å². The number of nitrogen functional groups attached to an aromatic ring is 1. The van der Waals surface area contributed by atoms with Crippen LogP contribution in [0.5, 0.6) is 0 Å². The van der Waals surface area contributed by atoms with Crippen LogP contribution in [-0.4, -0.2) is 72.6 Å². The summed E-state index contributed by atoms with van der Waals surface area (Å²) in [5.74, 6) is -2.59. The van der Waals surface area contributed by atoms with E-state index >= 15 is 0 Å². The van der Waals surface area contributed by atoms with Crippen molar-refractivity contribution >= 4 is 41.4 Å². The van der Waals surface area contributed by atoms with E-state index in [2.05, 4.69) is 31.3 Å². The van der Waals surface area contributed by atoms with Gasteiger partial charge in [0.05, 0.1) is 0 Å². The number of guanidine groups is 2. The van der Waals surface area contributed by atoms with Crippen LogP contribution in [0.25, 0.3) is 0 Å². The Morgan fingerprint density at radius 2 is 1.28 bits per heavy atom. The molecule has 16 nitrogen and oxygen atoms in total. The Labute approximate surface area is 251 Å². The van der Waals surface area contributed by atoms with E-state index in [0.717, 1.165) is 5.56 Å². The van der Waals surface area contributed by atoms with Crippen molar-refractivity contribution < 1.29 is 19.2 Å². The number of rotatable bonds is 18. The van der Waals surface area contributed by atoms with Gasteiger partial charge in [0.25, 0.3) is 0 Å². The fourth-order valence-electron chi connectivity index (χ4n) is 3.95. The van der Waals surface area contributed by atoms with Gasteiger partial charge in [-0.15, -0.1) is 0 Å². The molecule has 0 heterocycles. The normalized spacial score (nSPS) is 12.7. The molecule has 1 aromatic carbocycles. The smallest absolute Gasteiger partial charge is 0.243 e. The van der Waals surface area contributed by atoms with Crippen molar-refractivity contribution in [2.45, 2.75) is 71.1 Å². The van der Waals surface area contributed by atoms with E-state index in [0.29, 0.717) is 18.4 Å². The fourth-order valence-corrected chi connectivity index (χ4v) is 3.95. The number of nitrogens with zero attached hydrogens (tertiary/aromatic N) is 2. The Kier molecular flexibility index (Phi) is 15.6. The Morgan fingerprint density at radius 1 is 0.767 bits per heavy atom. The molecule has 43 heavy (non-hydrogen) atoms. The van der Waals surface area contributed by atoms with Crippen molar-refractivity contribution in [2.24, 2.45) is 44.6 Å². The van der Waals surface area contributed by atoms with Crippen LogP contribution in [0.4, 0.5) is 0 Å². The van der Waals surface area contributed by atoms with Crippen LogP contribution >= 0.6 is 0 Å². The number of hydrogen-bond donors (Lipinski definition) is 10. The summed E-state index contributed by atoms with van der Waals surface area (Å²) in [5, 5.41) is 18.3. The largest absolute Gasteiger partial charge is 0.384 e. The number of amidine groups is 1. The van der Waals surface area contributed by atoms with Crippen LogP contribution in [0, 0.1) is 11.3 Å². The number of amides is 4. The van der Waals surface area contributed by atoms with Gasteiger partial charge in [-0.05, 0) is 37.2 Å². The monoisotopic (exact) mass is 602 g/mol. The fraction of sp³-hybridized carbons (Fsp3) is 0.519. The maximum atomic E-state index is 13.4. The molecule has 0 saturated heterocycles. The SMILES string of the molecule is CC(=O)N[C@@H](CCCN=C(N)N)C(=O)NC(C(=O)N[C@@H](CCCN=C(N)N)C(=O)NCc1ccc(C(=N)N)cc1)C(C)C. The van der Waals surface area contributed by atoms with Gasteiger partial charge in [-0.25, -0.2) is 0 Å². The van der Waals surface area contributed by atoms with Crippen molar-refractivity contribution in [3.8, 4) is 0 Å². The van der Waals surface area contributed by atoms with Gasteiger partial charge in [-0.1, -0.05) is 38.1 Å². The van der Waals surface area contributed by atoms with E-state index in [1.165, 1.54) is 6.92 Å². The zero-order valence-electron chi connectivity index (χ0n) is 25.0. The number of carbonyl (C=O) groups excluding carboxylic acids is 4. The summed E-state index contributed by atoms with van der Waals surface area (Å²) in [5.41, 5.74) is 28.3. The standard InChI is InChI=1S/C27H46N12O4/c1-15(2)21(39-24(42)20(37-16(3)40)7-5-13-35-27(32)33)25(43)38-19(6-4-12-34-26(30)31)23(41)36-14-17-8-10-18(11-9-17)22(28)29/h8-11,15,19-21H,4-7,12-14H2,1-3H3,(H3,28,29)(H,36,41)(H,37,40)(H,38,43)(H,39,42)(H4,30,31,34)(H4,32,33,35)/t19-,20-,21?/m0/s1.